The highest BCUT2D eigenvalue weighted by atomic mass is 16.5. The predicted octanol–water partition coefficient (Wildman–Crippen LogP) is 0.654. The van der Waals surface area contributed by atoms with Gasteiger partial charge in [-0.15, -0.1) is 0 Å². The van der Waals surface area contributed by atoms with Crippen molar-refractivity contribution in [2.45, 2.75) is 13.0 Å². The van der Waals surface area contributed by atoms with Gasteiger partial charge in [0, 0.05) is 18.8 Å². The number of allylic oxidation sites excluding steroid dienone is 3. The summed E-state index contributed by atoms with van der Waals surface area (Å²) in [6.07, 6.45) is 5.53. The fourth-order valence-electron chi connectivity index (χ4n) is 1.85. The molecular weight excluding hydrogens is 216 g/mol. The summed E-state index contributed by atoms with van der Waals surface area (Å²) in [5.74, 6) is 0. The number of rotatable bonds is 5. The standard InChI is InChI=1S/C13H22N2O2/c1-3-5-11(13(14)4-2)8-15-6-7-17-10-12(15)9-16/h3-5,12,16H,1,6-10,14H2,2H3/b11-5-,13-4+/t12-/m1/s1. The van der Waals surface area contributed by atoms with Crippen LogP contribution in [0.2, 0.25) is 0 Å². The van der Waals surface area contributed by atoms with Crippen LogP contribution in [0, 0.1) is 0 Å². The Morgan fingerprint density at radius 2 is 2.41 bits per heavy atom. The molecule has 0 saturated carbocycles. The summed E-state index contributed by atoms with van der Waals surface area (Å²) in [4.78, 5) is 2.19. The number of aliphatic hydroxyl groups is 1. The number of nitrogens with two attached hydrogens (primary N) is 1. The van der Waals surface area contributed by atoms with Crippen LogP contribution in [0.3, 0.4) is 0 Å². The van der Waals surface area contributed by atoms with Crippen molar-refractivity contribution in [2.24, 2.45) is 5.73 Å². The average Bonchev–Trinajstić information content (AvgIpc) is 2.38. The fraction of sp³-hybridized carbons (Fsp3) is 0.538. The molecule has 0 bridgehead atoms. The van der Waals surface area contributed by atoms with Crippen molar-refractivity contribution in [3.8, 4) is 0 Å². The van der Waals surface area contributed by atoms with E-state index < -0.39 is 0 Å². The molecular formula is C13H22N2O2. The van der Waals surface area contributed by atoms with E-state index in [9.17, 15) is 5.11 Å². The summed E-state index contributed by atoms with van der Waals surface area (Å²) in [5.41, 5.74) is 7.72. The number of hydrogen-bond acceptors (Lipinski definition) is 4. The molecule has 0 aromatic heterocycles. The zero-order valence-electron chi connectivity index (χ0n) is 10.4. The molecule has 0 unspecified atom stereocenters. The zero-order valence-corrected chi connectivity index (χ0v) is 10.4. The van der Waals surface area contributed by atoms with E-state index in [1.54, 1.807) is 6.08 Å². The molecule has 0 radical (unpaired) electrons. The summed E-state index contributed by atoms with van der Waals surface area (Å²) < 4.78 is 5.34. The lowest BCUT2D eigenvalue weighted by molar-refractivity contribution is -0.0228. The maximum absolute atomic E-state index is 9.29. The molecule has 0 spiro atoms. The zero-order chi connectivity index (χ0) is 12.7. The fourth-order valence-corrected chi connectivity index (χ4v) is 1.85. The van der Waals surface area contributed by atoms with Crippen molar-refractivity contribution in [2.75, 3.05) is 32.9 Å². The molecule has 0 amide bonds. The van der Waals surface area contributed by atoms with Gasteiger partial charge in [0.1, 0.15) is 0 Å². The molecule has 4 heteroatoms. The van der Waals surface area contributed by atoms with Gasteiger partial charge in [0.25, 0.3) is 0 Å². The summed E-state index contributed by atoms with van der Waals surface area (Å²) in [6.45, 7) is 8.53. The second kappa shape index (κ2) is 7.27. The van der Waals surface area contributed by atoms with Crippen molar-refractivity contribution in [1.82, 2.24) is 4.90 Å². The highest BCUT2D eigenvalue weighted by Gasteiger charge is 2.23. The Kier molecular flexibility index (Phi) is 5.97. The minimum Gasteiger partial charge on any atom is -0.399 e. The van der Waals surface area contributed by atoms with Crippen LogP contribution in [0.1, 0.15) is 6.92 Å². The lowest BCUT2D eigenvalue weighted by Gasteiger charge is -2.35. The molecule has 4 nitrogen and oxygen atoms in total. The van der Waals surface area contributed by atoms with Crippen LogP contribution in [0.15, 0.2) is 36.1 Å². The van der Waals surface area contributed by atoms with Crippen LogP contribution >= 0.6 is 0 Å². The first-order chi connectivity index (χ1) is 8.22. The number of hydrogen-bond donors (Lipinski definition) is 2. The van der Waals surface area contributed by atoms with Crippen LogP contribution in [0.5, 0.6) is 0 Å². The Bertz CT molecular complexity index is 311. The Morgan fingerprint density at radius 3 is 3.00 bits per heavy atom. The molecule has 96 valence electrons. The van der Waals surface area contributed by atoms with Gasteiger partial charge in [-0.25, -0.2) is 0 Å². The van der Waals surface area contributed by atoms with Crippen molar-refractivity contribution in [3.63, 3.8) is 0 Å². The molecule has 1 aliphatic rings. The van der Waals surface area contributed by atoms with Crippen molar-refractivity contribution >= 4 is 0 Å². The molecule has 1 heterocycles. The third-order valence-electron chi connectivity index (χ3n) is 2.93. The number of nitrogens with zero attached hydrogens (tertiary/aromatic N) is 1. The molecule has 1 aliphatic heterocycles. The minimum atomic E-state index is 0.0571. The second-order valence-electron chi connectivity index (χ2n) is 4.05. The van der Waals surface area contributed by atoms with Crippen molar-refractivity contribution < 1.29 is 9.84 Å². The van der Waals surface area contributed by atoms with Gasteiger partial charge in [0.2, 0.25) is 0 Å². The first kappa shape index (κ1) is 14.0. The predicted molar refractivity (Wildman–Crippen MR) is 69.5 cm³/mol. The topological polar surface area (TPSA) is 58.7 Å². The maximum Gasteiger partial charge on any atom is 0.0644 e. The Hall–Kier alpha value is -1.10. The Morgan fingerprint density at radius 1 is 1.65 bits per heavy atom. The van der Waals surface area contributed by atoms with E-state index in [-0.39, 0.29) is 12.6 Å². The quantitative estimate of drug-likeness (QED) is 0.691. The smallest absolute Gasteiger partial charge is 0.0644 e. The van der Waals surface area contributed by atoms with Crippen LogP contribution in [-0.2, 0) is 4.74 Å². The van der Waals surface area contributed by atoms with Gasteiger partial charge in [-0.05, 0) is 12.5 Å². The third-order valence-corrected chi connectivity index (χ3v) is 2.93. The number of ether oxygens (including phenoxy) is 1. The highest BCUT2D eigenvalue weighted by Crippen LogP contribution is 2.13. The molecule has 3 N–H and O–H groups in total. The van der Waals surface area contributed by atoms with E-state index in [1.165, 1.54) is 0 Å². The monoisotopic (exact) mass is 238 g/mol. The molecule has 1 fully saturated rings. The van der Waals surface area contributed by atoms with Crippen LogP contribution < -0.4 is 5.73 Å². The van der Waals surface area contributed by atoms with Crippen LogP contribution in [0.4, 0.5) is 0 Å². The van der Waals surface area contributed by atoms with Crippen molar-refractivity contribution in [3.05, 3.63) is 36.1 Å². The third kappa shape index (κ3) is 4.00. The van der Waals surface area contributed by atoms with Gasteiger partial charge >= 0.3 is 0 Å². The first-order valence-electron chi connectivity index (χ1n) is 5.89. The van der Waals surface area contributed by atoms with Gasteiger partial charge in [0.05, 0.1) is 25.9 Å². The molecule has 17 heavy (non-hydrogen) atoms. The summed E-state index contributed by atoms with van der Waals surface area (Å²) in [5, 5.41) is 9.29. The van der Waals surface area contributed by atoms with E-state index in [0.29, 0.717) is 13.2 Å². The molecule has 1 rings (SSSR count). The van der Waals surface area contributed by atoms with E-state index >= 15 is 0 Å². The van der Waals surface area contributed by atoms with Gasteiger partial charge in [-0.3, -0.25) is 4.90 Å². The van der Waals surface area contributed by atoms with Gasteiger partial charge < -0.3 is 15.6 Å². The van der Waals surface area contributed by atoms with Crippen LogP contribution in [0.25, 0.3) is 0 Å². The summed E-state index contributed by atoms with van der Waals surface area (Å²) in [7, 11) is 0. The number of morpholine rings is 1. The number of aliphatic hydroxyl groups excluding tert-OH is 1. The first-order valence-corrected chi connectivity index (χ1v) is 5.89. The van der Waals surface area contributed by atoms with Gasteiger partial charge in [-0.1, -0.05) is 24.8 Å². The van der Waals surface area contributed by atoms with Gasteiger partial charge in [-0.2, -0.15) is 0 Å². The van der Waals surface area contributed by atoms with E-state index in [0.717, 1.165) is 24.4 Å². The maximum atomic E-state index is 9.29. The van der Waals surface area contributed by atoms with Crippen LogP contribution in [-0.4, -0.2) is 49.0 Å². The Labute approximate surface area is 103 Å². The van der Waals surface area contributed by atoms with Crippen molar-refractivity contribution in [1.29, 1.82) is 0 Å². The second-order valence-corrected chi connectivity index (χ2v) is 4.05. The highest BCUT2D eigenvalue weighted by molar-refractivity contribution is 5.32. The normalized spacial score (nSPS) is 23.8. The van der Waals surface area contributed by atoms with E-state index in [1.807, 2.05) is 19.1 Å². The minimum absolute atomic E-state index is 0.0571. The molecule has 1 saturated heterocycles. The lowest BCUT2D eigenvalue weighted by atomic mass is 10.1. The molecule has 0 aromatic carbocycles. The van der Waals surface area contributed by atoms with E-state index in [2.05, 4.69) is 11.5 Å². The van der Waals surface area contributed by atoms with Gasteiger partial charge in [0.15, 0.2) is 0 Å². The summed E-state index contributed by atoms with van der Waals surface area (Å²) >= 11 is 0. The SMILES string of the molecule is C=C/C=C(CN1CCOC[C@H]1CO)\C(N)=C/C. The Balaban J connectivity index is 2.71. The molecule has 1 atom stereocenters. The summed E-state index contributed by atoms with van der Waals surface area (Å²) in [6, 6.07) is 0.0571. The van der Waals surface area contributed by atoms with E-state index in [4.69, 9.17) is 10.5 Å². The average molecular weight is 238 g/mol. The lowest BCUT2D eigenvalue weighted by Crippen LogP contribution is -2.48. The molecule has 0 aromatic rings. The molecule has 0 aliphatic carbocycles. The largest absolute Gasteiger partial charge is 0.399 e.